The zero-order valence-electron chi connectivity index (χ0n) is 11.0. The van der Waals surface area contributed by atoms with Gasteiger partial charge in [-0.25, -0.2) is 0 Å². The maximum atomic E-state index is 9.23. The van der Waals surface area contributed by atoms with Gasteiger partial charge in [0.2, 0.25) is 0 Å². The molecule has 0 aliphatic heterocycles. The van der Waals surface area contributed by atoms with Crippen LogP contribution in [0.1, 0.15) is 16.7 Å². The van der Waals surface area contributed by atoms with Crippen molar-refractivity contribution < 1.29 is 9.84 Å². The minimum Gasteiger partial charge on any atom is -0.496 e. The van der Waals surface area contributed by atoms with Crippen molar-refractivity contribution in [3.63, 3.8) is 0 Å². The van der Waals surface area contributed by atoms with Crippen LogP contribution in [0.4, 0.5) is 0 Å². The monoisotopic (exact) mass is 242 g/mol. The summed E-state index contributed by atoms with van der Waals surface area (Å²) in [6.07, 6.45) is 0. The van der Waals surface area contributed by atoms with E-state index < -0.39 is 0 Å². The molecule has 0 atom stereocenters. The Balaban J connectivity index is 2.54. The van der Waals surface area contributed by atoms with Crippen LogP contribution in [-0.2, 0) is 6.61 Å². The average molecular weight is 242 g/mol. The van der Waals surface area contributed by atoms with E-state index in [0.29, 0.717) is 0 Å². The number of aliphatic hydroxyl groups is 1. The van der Waals surface area contributed by atoms with Gasteiger partial charge in [-0.1, -0.05) is 30.3 Å². The summed E-state index contributed by atoms with van der Waals surface area (Å²) in [5.74, 6) is 0.732. The molecule has 0 aromatic heterocycles. The quantitative estimate of drug-likeness (QED) is 0.893. The molecule has 0 aliphatic rings. The van der Waals surface area contributed by atoms with Crippen LogP contribution in [0, 0.1) is 13.8 Å². The van der Waals surface area contributed by atoms with E-state index in [0.717, 1.165) is 16.9 Å². The van der Waals surface area contributed by atoms with Gasteiger partial charge in [0.25, 0.3) is 0 Å². The van der Waals surface area contributed by atoms with Crippen molar-refractivity contribution in [2.45, 2.75) is 20.5 Å². The van der Waals surface area contributed by atoms with Gasteiger partial charge in [0.15, 0.2) is 0 Å². The minimum absolute atomic E-state index is 0.00372. The molecule has 0 saturated heterocycles. The van der Waals surface area contributed by atoms with Crippen molar-refractivity contribution in [1.29, 1.82) is 0 Å². The van der Waals surface area contributed by atoms with Crippen LogP contribution >= 0.6 is 0 Å². The highest BCUT2D eigenvalue weighted by Crippen LogP contribution is 2.30. The minimum atomic E-state index is -0.00372. The van der Waals surface area contributed by atoms with E-state index in [9.17, 15) is 5.11 Å². The third-order valence-corrected chi connectivity index (χ3v) is 3.37. The van der Waals surface area contributed by atoms with E-state index in [-0.39, 0.29) is 6.61 Å². The molecule has 0 fully saturated rings. The SMILES string of the molecule is COc1cc(-c2cccc(C)c2C)ccc1CO. The lowest BCUT2D eigenvalue weighted by Gasteiger charge is -2.12. The summed E-state index contributed by atoms with van der Waals surface area (Å²) in [5, 5.41) is 9.23. The van der Waals surface area contributed by atoms with Crippen molar-refractivity contribution in [3.8, 4) is 16.9 Å². The third kappa shape index (κ3) is 2.24. The molecule has 2 nitrogen and oxygen atoms in total. The van der Waals surface area contributed by atoms with Crippen molar-refractivity contribution >= 4 is 0 Å². The number of hydrogen-bond acceptors (Lipinski definition) is 2. The summed E-state index contributed by atoms with van der Waals surface area (Å²) in [5.41, 5.74) is 5.68. The summed E-state index contributed by atoms with van der Waals surface area (Å²) in [4.78, 5) is 0. The second-order valence-electron chi connectivity index (χ2n) is 4.43. The Bertz CT molecular complexity index is 559. The summed E-state index contributed by atoms with van der Waals surface area (Å²) in [6.45, 7) is 4.23. The Hall–Kier alpha value is -1.80. The molecule has 94 valence electrons. The Morgan fingerprint density at radius 1 is 1.11 bits per heavy atom. The molecular weight excluding hydrogens is 224 g/mol. The first-order chi connectivity index (χ1) is 8.67. The molecule has 0 bridgehead atoms. The summed E-state index contributed by atoms with van der Waals surface area (Å²) < 4.78 is 5.31. The molecular formula is C16H18O2. The summed E-state index contributed by atoms with van der Waals surface area (Å²) in [7, 11) is 1.63. The van der Waals surface area contributed by atoms with E-state index in [1.54, 1.807) is 7.11 Å². The Morgan fingerprint density at radius 3 is 2.56 bits per heavy atom. The van der Waals surface area contributed by atoms with E-state index in [1.807, 2.05) is 18.2 Å². The van der Waals surface area contributed by atoms with Crippen LogP contribution in [-0.4, -0.2) is 12.2 Å². The summed E-state index contributed by atoms with van der Waals surface area (Å²) >= 11 is 0. The predicted octanol–water partition coefficient (Wildman–Crippen LogP) is 3.47. The lowest BCUT2D eigenvalue weighted by atomic mass is 9.96. The normalized spacial score (nSPS) is 10.4. The molecule has 0 spiro atoms. The number of ether oxygens (including phenoxy) is 1. The highest BCUT2D eigenvalue weighted by Gasteiger charge is 2.07. The van der Waals surface area contributed by atoms with Crippen LogP contribution in [0.5, 0.6) is 5.75 Å². The van der Waals surface area contributed by atoms with Gasteiger partial charge >= 0.3 is 0 Å². The fraction of sp³-hybridized carbons (Fsp3) is 0.250. The molecule has 0 radical (unpaired) electrons. The molecule has 0 aliphatic carbocycles. The Morgan fingerprint density at radius 2 is 1.89 bits per heavy atom. The van der Waals surface area contributed by atoms with Crippen LogP contribution in [0.3, 0.4) is 0 Å². The Labute approximate surface area is 108 Å². The largest absolute Gasteiger partial charge is 0.496 e. The van der Waals surface area contributed by atoms with Crippen molar-refractivity contribution in [3.05, 3.63) is 53.1 Å². The second kappa shape index (κ2) is 5.23. The number of benzene rings is 2. The van der Waals surface area contributed by atoms with E-state index >= 15 is 0 Å². The van der Waals surface area contributed by atoms with Crippen molar-refractivity contribution in [2.75, 3.05) is 7.11 Å². The second-order valence-corrected chi connectivity index (χ2v) is 4.43. The van der Waals surface area contributed by atoms with Gasteiger partial charge in [0, 0.05) is 5.56 Å². The first kappa shape index (κ1) is 12.7. The molecule has 2 heteroatoms. The lowest BCUT2D eigenvalue weighted by molar-refractivity contribution is 0.274. The maximum absolute atomic E-state index is 9.23. The smallest absolute Gasteiger partial charge is 0.124 e. The van der Waals surface area contributed by atoms with Crippen LogP contribution in [0.15, 0.2) is 36.4 Å². The fourth-order valence-electron chi connectivity index (χ4n) is 2.11. The maximum Gasteiger partial charge on any atom is 0.124 e. The predicted molar refractivity (Wildman–Crippen MR) is 73.8 cm³/mol. The average Bonchev–Trinajstić information content (AvgIpc) is 2.41. The van der Waals surface area contributed by atoms with E-state index in [1.165, 1.54) is 16.7 Å². The van der Waals surface area contributed by atoms with Gasteiger partial charge < -0.3 is 9.84 Å². The highest BCUT2D eigenvalue weighted by molar-refractivity contribution is 5.70. The van der Waals surface area contributed by atoms with Crippen molar-refractivity contribution in [1.82, 2.24) is 0 Å². The molecule has 0 heterocycles. The molecule has 2 aromatic rings. The summed E-state index contributed by atoms with van der Waals surface area (Å²) in [6, 6.07) is 12.2. The van der Waals surface area contributed by atoms with Gasteiger partial charge in [0.1, 0.15) is 5.75 Å². The molecule has 18 heavy (non-hydrogen) atoms. The topological polar surface area (TPSA) is 29.5 Å². The van der Waals surface area contributed by atoms with Gasteiger partial charge in [-0.05, 0) is 42.2 Å². The van der Waals surface area contributed by atoms with E-state index in [2.05, 4.69) is 32.0 Å². The number of rotatable bonds is 3. The molecule has 1 N–H and O–H groups in total. The third-order valence-electron chi connectivity index (χ3n) is 3.37. The Kier molecular flexibility index (Phi) is 3.68. The fourth-order valence-corrected chi connectivity index (χ4v) is 2.11. The number of aryl methyl sites for hydroxylation is 1. The molecule has 2 aromatic carbocycles. The molecule has 2 rings (SSSR count). The van der Waals surface area contributed by atoms with Gasteiger partial charge in [-0.2, -0.15) is 0 Å². The number of aliphatic hydroxyl groups excluding tert-OH is 1. The van der Waals surface area contributed by atoms with Gasteiger partial charge in [0.05, 0.1) is 13.7 Å². The van der Waals surface area contributed by atoms with Crippen molar-refractivity contribution in [2.24, 2.45) is 0 Å². The van der Waals surface area contributed by atoms with Crippen LogP contribution < -0.4 is 4.74 Å². The standard InChI is InChI=1S/C16H18O2/c1-11-5-4-6-15(12(11)2)13-7-8-14(10-17)16(9-13)18-3/h4-9,17H,10H2,1-3H3. The first-order valence-electron chi connectivity index (χ1n) is 6.01. The number of methoxy groups -OCH3 is 1. The molecule has 0 saturated carbocycles. The van der Waals surface area contributed by atoms with E-state index in [4.69, 9.17) is 4.74 Å². The zero-order chi connectivity index (χ0) is 13.1. The highest BCUT2D eigenvalue weighted by atomic mass is 16.5. The van der Waals surface area contributed by atoms with Gasteiger partial charge in [-0.15, -0.1) is 0 Å². The number of hydrogen-bond donors (Lipinski definition) is 1. The van der Waals surface area contributed by atoms with Crippen LogP contribution in [0.2, 0.25) is 0 Å². The molecule has 0 unspecified atom stereocenters. The first-order valence-corrected chi connectivity index (χ1v) is 6.01. The van der Waals surface area contributed by atoms with Crippen LogP contribution in [0.25, 0.3) is 11.1 Å². The molecule has 0 amide bonds. The lowest BCUT2D eigenvalue weighted by Crippen LogP contribution is -1.93. The zero-order valence-corrected chi connectivity index (χ0v) is 11.0. The van der Waals surface area contributed by atoms with Gasteiger partial charge in [-0.3, -0.25) is 0 Å².